The molecule has 5 heteroatoms. The molecule has 112 valence electrons. The fraction of sp³-hybridized carbons (Fsp3) is 0.438. The molecule has 2 heterocycles. The Kier molecular flexibility index (Phi) is 4.46. The molecule has 3 rings (SSSR count). The van der Waals surface area contributed by atoms with Crippen molar-refractivity contribution in [3.05, 3.63) is 46.7 Å². The van der Waals surface area contributed by atoms with Gasteiger partial charge in [0.05, 0.1) is 30.1 Å². The van der Waals surface area contributed by atoms with E-state index in [1.54, 1.807) is 13.3 Å². The summed E-state index contributed by atoms with van der Waals surface area (Å²) in [6.45, 7) is 1.38. The van der Waals surface area contributed by atoms with Crippen molar-refractivity contribution in [2.75, 3.05) is 19.0 Å². The van der Waals surface area contributed by atoms with Gasteiger partial charge in [0.2, 0.25) is 0 Å². The fourth-order valence-electron chi connectivity index (χ4n) is 2.85. The highest BCUT2D eigenvalue weighted by Crippen LogP contribution is 2.27. The Labute approximate surface area is 130 Å². The van der Waals surface area contributed by atoms with Crippen LogP contribution in [-0.4, -0.2) is 29.5 Å². The summed E-state index contributed by atoms with van der Waals surface area (Å²) < 4.78 is 7.08. The van der Waals surface area contributed by atoms with Crippen molar-refractivity contribution < 1.29 is 4.74 Å². The van der Waals surface area contributed by atoms with Gasteiger partial charge >= 0.3 is 0 Å². The van der Waals surface area contributed by atoms with Crippen molar-refractivity contribution in [3.8, 4) is 0 Å². The molecule has 4 nitrogen and oxygen atoms in total. The standard InChI is InChI=1S/C16H20ClN3O/c1-21-9-8-20-16(14(17)11-18-20)10-13-7-6-12-4-2-3-5-15(12)19-13/h2-5,11,13,19H,6-10H2,1H3. The van der Waals surface area contributed by atoms with E-state index in [-0.39, 0.29) is 0 Å². The van der Waals surface area contributed by atoms with Crippen LogP contribution in [0.25, 0.3) is 0 Å². The normalized spacial score (nSPS) is 17.3. The van der Waals surface area contributed by atoms with Crippen LogP contribution in [-0.2, 0) is 24.1 Å². The lowest BCUT2D eigenvalue weighted by Crippen LogP contribution is -2.29. The number of anilines is 1. The topological polar surface area (TPSA) is 39.1 Å². The molecule has 0 bridgehead atoms. The molecule has 1 unspecified atom stereocenters. The zero-order valence-corrected chi connectivity index (χ0v) is 12.9. The number of para-hydroxylation sites is 1. The summed E-state index contributed by atoms with van der Waals surface area (Å²) in [4.78, 5) is 0. The number of halogens is 1. The molecule has 21 heavy (non-hydrogen) atoms. The van der Waals surface area contributed by atoms with Crippen molar-refractivity contribution in [2.45, 2.75) is 31.8 Å². The molecule has 1 aromatic heterocycles. The third-order valence-electron chi connectivity index (χ3n) is 3.98. The van der Waals surface area contributed by atoms with Gasteiger partial charge in [0.1, 0.15) is 0 Å². The lowest BCUT2D eigenvalue weighted by Gasteiger charge is -2.27. The largest absolute Gasteiger partial charge is 0.383 e. The molecule has 0 radical (unpaired) electrons. The highest BCUT2D eigenvalue weighted by molar-refractivity contribution is 6.31. The first-order valence-corrected chi connectivity index (χ1v) is 7.69. The number of nitrogens with zero attached hydrogens (tertiary/aromatic N) is 2. The van der Waals surface area contributed by atoms with Gasteiger partial charge in [0.15, 0.2) is 0 Å². The SMILES string of the molecule is COCCn1ncc(Cl)c1CC1CCc2ccccc2N1. The Morgan fingerprint density at radius 1 is 1.43 bits per heavy atom. The van der Waals surface area contributed by atoms with Crippen molar-refractivity contribution >= 4 is 17.3 Å². The molecule has 1 atom stereocenters. The number of rotatable bonds is 5. The van der Waals surface area contributed by atoms with E-state index in [1.807, 2.05) is 4.68 Å². The van der Waals surface area contributed by atoms with Crippen LogP contribution in [0.3, 0.4) is 0 Å². The van der Waals surface area contributed by atoms with Crippen LogP contribution >= 0.6 is 11.6 Å². The second-order valence-corrected chi connectivity index (χ2v) is 5.80. The number of methoxy groups -OCH3 is 1. The summed E-state index contributed by atoms with van der Waals surface area (Å²) >= 11 is 6.29. The first-order chi connectivity index (χ1) is 10.3. The summed E-state index contributed by atoms with van der Waals surface area (Å²) in [6, 6.07) is 8.90. The van der Waals surface area contributed by atoms with Crippen LogP contribution in [0.5, 0.6) is 0 Å². The van der Waals surface area contributed by atoms with Crippen LogP contribution in [0.15, 0.2) is 30.5 Å². The van der Waals surface area contributed by atoms with E-state index < -0.39 is 0 Å². The van der Waals surface area contributed by atoms with Crippen molar-refractivity contribution in [3.63, 3.8) is 0 Å². The molecule has 0 saturated heterocycles. The Morgan fingerprint density at radius 3 is 3.14 bits per heavy atom. The number of benzene rings is 1. The number of hydrogen-bond donors (Lipinski definition) is 1. The van der Waals surface area contributed by atoms with Gasteiger partial charge < -0.3 is 10.1 Å². The lowest BCUT2D eigenvalue weighted by atomic mass is 9.95. The zero-order valence-electron chi connectivity index (χ0n) is 12.2. The van der Waals surface area contributed by atoms with Crippen LogP contribution in [0.4, 0.5) is 5.69 Å². The zero-order chi connectivity index (χ0) is 14.7. The van der Waals surface area contributed by atoms with Crippen LogP contribution in [0.1, 0.15) is 17.7 Å². The number of fused-ring (bicyclic) bond motifs is 1. The number of hydrogen-bond acceptors (Lipinski definition) is 3. The van der Waals surface area contributed by atoms with Gasteiger partial charge in [-0.2, -0.15) is 5.10 Å². The maximum atomic E-state index is 6.29. The Hall–Kier alpha value is -1.52. The maximum Gasteiger partial charge on any atom is 0.0818 e. The highest BCUT2D eigenvalue weighted by atomic mass is 35.5. The summed E-state index contributed by atoms with van der Waals surface area (Å²) in [5.74, 6) is 0. The second-order valence-electron chi connectivity index (χ2n) is 5.40. The molecule has 0 spiro atoms. The van der Waals surface area contributed by atoms with Crippen molar-refractivity contribution in [2.24, 2.45) is 0 Å². The molecule has 0 fully saturated rings. The first-order valence-electron chi connectivity index (χ1n) is 7.31. The summed E-state index contributed by atoms with van der Waals surface area (Å²) in [5.41, 5.74) is 3.73. The minimum Gasteiger partial charge on any atom is -0.383 e. The second kappa shape index (κ2) is 6.50. The van der Waals surface area contributed by atoms with Gasteiger partial charge in [-0.1, -0.05) is 29.8 Å². The van der Waals surface area contributed by atoms with E-state index in [0.29, 0.717) is 12.6 Å². The summed E-state index contributed by atoms with van der Waals surface area (Å²) in [6.07, 6.45) is 4.83. The van der Waals surface area contributed by atoms with Crippen molar-refractivity contribution in [1.29, 1.82) is 0 Å². The predicted molar refractivity (Wildman–Crippen MR) is 85.0 cm³/mol. The molecule has 0 aliphatic carbocycles. The number of aromatic nitrogens is 2. The van der Waals surface area contributed by atoms with E-state index in [1.165, 1.54) is 11.3 Å². The summed E-state index contributed by atoms with van der Waals surface area (Å²) in [5, 5.41) is 8.70. The molecule has 1 aromatic carbocycles. The predicted octanol–water partition coefficient (Wildman–Crippen LogP) is 3.15. The number of nitrogens with one attached hydrogen (secondary N) is 1. The average Bonchev–Trinajstić information content (AvgIpc) is 2.86. The van der Waals surface area contributed by atoms with E-state index in [2.05, 4.69) is 34.7 Å². The Balaban J connectivity index is 1.72. The minimum atomic E-state index is 0.399. The minimum absolute atomic E-state index is 0.399. The lowest BCUT2D eigenvalue weighted by molar-refractivity contribution is 0.182. The molecule has 2 aromatic rings. The van der Waals surface area contributed by atoms with Crippen LogP contribution < -0.4 is 5.32 Å². The van der Waals surface area contributed by atoms with Gasteiger partial charge in [-0.25, -0.2) is 0 Å². The number of aryl methyl sites for hydroxylation is 1. The molecule has 0 saturated carbocycles. The first kappa shape index (κ1) is 14.4. The maximum absolute atomic E-state index is 6.29. The van der Waals surface area contributed by atoms with Gasteiger partial charge in [-0.3, -0.25) is 4.68 Å². The fourth-order valence-corrected chi connectivity index (χ4v) is 3.07. The Morgan fingerprint density at radius 2 is 2.29 bits per heavy atom. The highest BCUT2D eigenvalue weighted by Gasteiger charge is 2.20. The Bertz CT molecular complexity index is 611. The van der Waals surface area contributed by atoms with Crippen molar-refractivity contribution in [1.82, 2.24) is 9.78 Å². The third kappa shape index (κ3) is 3.22. The van der Waals surface area contributed by atoms with E-state index >= 15 is 0 Å². The van der Waals surface area contributed by atoms with Gasteiger partial charge in [0.25, 0.3) is 0 Å². The van der Waals surface area contributed by atoms with E-state index in [9.17, 15) is 0 Å². The molecule has 1 N–H and O–H groups in total. The molecule has 0 amide bonds. The number of ether oxygens (including phenoxy) is 1. The smallest absolute Gasteiger partial charge is 0.0818 e. The van der Waals surface area contributed by atoms with Crippen LogP contribution in [0, 0.1) is 0 Å². The average molecular weight is 306 g/mol. The third-order valence-corrected chi connectivity index (χ3v) is 4.30. The quantitative estimate of drug-likeness (QED) is 0.922. The van der Waals surface area contributed by atoms with Gasteiger partial charge in [0, 0.05) is 25.3 Å². The van der Waals surface area contributed by atoms with E-state index in [0.717, 1.165) is 36.5 Å². The van der Waals surface area contributed by atoms with E-state index in [4.69, 9.17) is 16.3 Å². The van der Waals surface area contributed by atoms with Gasteiger partial charge in [-0.15, -0.1) is 0 Å². The summed E-state index contributed by atoms with van der Waals surface area (Å²) in [7, 11) is 1.70. The molecular weight excluding hydrogens is 286 g/mol. The molecule has 1 aliphatic rings. The molecular formula is C16H20ClN3O. The van der Waals surface area contributed by atoms with Crippen LogP contribution in [0.2, 0.25) is 5.02 Å². The molecule has 1 aliphatic heterocycles. The monoisotopic (exact) mass is 305 g/mol. The van der Waals surface area contributed by atoms with Gasteiger partial charge in [-0.05, 0) is 24.5 Å².